The number of fused-ring (bicyclic) bond motifs is 2. The lowest BCUT2D eigenvalue weighted by molar-refractivity contribution is 0.372. The van der Waals surface area contributed by atoms with Gasteiger partial charge in [0.2, 0.25) is 0 Å². The summed E-state index contributed by atoms with van der Waals surface area (Å²) >= 11 is 6.61. The summed E-state index contributed by atoms with van der Waals surface area (Å²) in [7, 11) is 0. The van der Waals surface area contributed by atoms with Gasteiger partial charge in [-0.3, -0.25) is 0 Å². The Bertz CT molecular complexity index is 1920. The Labute approximate surface area is 388 Å². The second-order valence-corrected chi connectivity index (χ2v) is 21.7. The summed E-state index contributed by atoms with van der Waals surface area (Å²) in [6, 6.07) is 32.9. The first-order valence-corrected chi connectivity index (χ1v) is 26.9. The predicted octanol–water partition coefficient (Wildman–Crippen LogP) is 16.6. The summed E-state index contributed by atoms with van der Waals surface area (Å²) in [4.78, 5) is 3.03. The van der Waals surface area contributed by atoms with Crippen molar-refractivity contribution in [2.24, 2.45) is 0 Å². The van der Waals surface area contributed by atoms with Crippen LogP contribution in [0.25, 0.3) is 0 Å². The van der Waals surface area contributed by atoms with E-state index in [1.54, 1.807) is 11.1 Å². The zero-order valence-electron chi connectivity index (χ0n) is 38.0. The monoisotopic (exact) mass is 954 g/mol. The maximum absolute atomic E-state index is 8.51. The zero-order valence-corrected chi connectivity index (χ0v) is 41.8. The van der Waals surface area contributed by atoms with Crippen LogP contribution in [0.3, 0.4) is 0 Å². The molecule has 2 aliphatic heterocycles. The number of unbranched alkanes of at least 4 members (excludes halogenated alkanes) is 12. The Morgan fingerprint density at radius 1 is 0.533 bits per heavy atom. The lowest BCUT2D eigenvalue weighted by atomic mass is 9.67. The minimum Gasteiger partial charge on any atom is -0.324 e. The standard InChI is InChI=1S/C28H38N2S.C27H37IS/c1-22-12-15-24(16-13-22)28(3)20-31-27-19-23(2)14-17-25(27)26(28)11-9-7-5-4-6-8-10-18-30-21-29;1-21-12-15-23(16-13-21)27(3)20-29-26-19-22(2)14-17-24(26)25(27)11-9-7-5-4-6-8-10-18-28/h12-17,19,26,30H,4-11,18,20H2,1-3H3;12-17,19,25H,4-11,18,20H2,1-3H3. The van der Waals surface area contributed by atoms with Crippen LogP contribution < -0.4 is 5.32 Å². The van der Waals surface area contributed by atoms with Crippen LogP contribution in [-0.2, 0) is 10.8 Å². The number of rotatable bonds is 21. The molecule has 5 heteroatoms. The Morgan fingerprint density at radius 3 is 1.30 bits per heavy atom. The number of nitrogens with zero attached hydrogens (tertiary/aromatic N) is 1. The van der Waals surface area contributed by atoms with Crippen LogP contribution in [0.2, 0.25) is 0 Å². The smallest absolute Gasteiger partial charge is 0.176 e. The van der Waals surface area contributed by atoms with Crippen molar-refractivity contribution in [1.29, 1.82) is 5.26 Å². The summed E-state index contributed by atoms with van der Waals surface area (Å²) in [6.07, 6.45) is 23.3. The second-order valence-electron chi connectivity index (χ2n) is 18.6. The van der Waals surface area contributed by atoms with Crippen molar-refractivity contribution in [3.8, 4) is 6.19 Å². The number of halogens is 1. The highest BCUT2D eigenvalue weighted by molar-refractivity contribution is 14.1. The maximum atomic E-state index is 8.51. The highest BCUT2D eigenvalue weighted by Gasteiger charge is 2.42. The molecule has 4 aromatic carbocycles. The third-order valence-corrected chi connectivity index (χ3v) is 17.2. The minimum atomic E-state index is 0.189. The number of hydrogen-bond acceptors (Lipinski definition) is 4. The van der Waals surface area contributed by atoms with Gasteiger partial charge in [-0.15, -0.1) is 23.5 Å². The first-order chi connectivity index (χ1) is 29.1. The van der Waals surface area contributed by atoms with Crippen LogP contribution >= 0.6 is 46.1 Å². The van der Waals surface area contributed by atoms with E-state index in [-0.39, 0.29) is 10.8 Å². The highest BCUT2D eigenvalue weighted by atomic mass is 127. The van der Waals surface area contributed by atoms with Crippen molar-refractivity contribution >= 4 is 46.1 Å². The average Bonchev–Trinajstić information content (AvgIpc) is 3.24. The number of alkyl halides is 1. The van der Waals surface area contributed by atoms with E-state index >= 15 is 0 Å². The predicted molar refractivity (Wildman–Crippen MR) is 273 cm³/mol. The zero-order chi connectivity index (χ0) is 42.8. The fourth-order valence-corrected chi connectivity index (χ4v) is 13.1. The molecule has 324 valence electrons. The van der Waals surface area contributed by atoms with E-state index < -0.39 is 0 Å². The van der Waals surface area contributed by atoms with Crippen LogP contribution in [0.1, 0.15) is 173 Å². The SMILES string of the molecule is Cc1ccc(C2(C)CSc3cc(C)ccc3C2CCCCCCCCCI)cc1.Cc1ccc(C2(C)CSc3cc(C)ccc3C2CCCCCCCCCNC#N)cc1. The molecule has 1 N–H and O–H groups in total. The van der Waals surface area contributed by atoms with Gasteiger partial charge in [0.05, 0.1) is 0 Å². The van der Waals surface area contributed by atoms with E-state index in [4.69, 9.17) is 5.26 Å². The molecular weight excluding hydrogens is 880 g/mol. The van der Waals surface area contributed by atoms with Gasteiger partial charge >= 0.3 is 0 Å². The van der Waals surface area contributed by atoms with Crippen molar-refractivity contribution in [2.45, 2.75) is 177 Å². The van der Waals surface area contributed by atoms with Gasteiger partial charge in [-0.2, -0.15) is 5.26 Å². The van der Waals surface area contributed by atoms with E-state index in [0.717, 1.165) is 18.7 Å². The summed E-state index contributed by atoms with van der Waals surface area (Å²) < 4.78 is 1.31. The van der Waals surface area contributed by atoms with Crippen molar-refractivity contribution in [3.05, 3.63) is 129 Å². The molecule has 2 aliphatic rings. The topological polar surface area (TPSA) is 35.8 Å². The van der Waals surface area contributed by atoms with Crippen molar-refractivity contribution < 1.29 is 0 Å². The molecule has 2 heterocycles. The molecule has 0 amide bonds. The molecule has 0 aromatic heterocycles. The van der Waals surface area contributed by atoms with Crippen LogP contribution in [0, 0.1) is 39.1 Å². The van der Waals surface area contributed by atoms with Gasteiger partial charge in [0.15, 0.2) is 6.19 Å². The Hall–Kier alpha value is -2.40. The molecule has 0 aliphatic carbocycles. The molecule has 0 saturated heterocycles. The lowest BCUT2D eigenvalue weighted by Crippen LogP contribution is -2.36. The Balaban J connectivity index is 0.000000228. The summed E-state index contributed by atoms with van der Waals surface area (Å²) in [5.41, 5.74) is 12.0. The third-order valence-electron chi connectivity index (χ3n) is 13.6. The minimum absolute atomic E-state index is 0.189. The quantitative estimate of drug-likeness (QED) is 0.0297. The number of nitrogens with one attached hydrogen (secondary N) is 1. The molecule has 4 atom stereocenters. The van der Waals surface area contributed by atoms with Crippen LogP contribution in [0.15, 0.2) is 94.7 Å². The Kier molecular flexibility index (Phi) is 20.3. The molecular formula is C55H75IN2S2. The largest absolute Gasteiger partial charge is 0.324 e. The fourth-order valence-electron chi connectivity index (χ4n) is 9.67. The molecule has 60 heavy (non-hydrogen) atoms. The van der Waals surface area contributed by atoms with E-state index in [2.05, 4.69) is 166 Å². The van der Waals surface area contributed by atoms with Crippen molar-refractivity contribution in [1.82, 2.24) is 5.32 Å². The van der Waals surface area contributed by atoms with E-state index in [9.17, 15) is 0 Å². The highest BCUT2D eigenvalue weighted by Crippen LogP contribution is 2.53. The summed E-state index contributed by atoms with van der Waals surface area (Å²) in [5.74, 6) is 3.56. The van der Waals surface area contributed by atoms with E-state index in [0.29, 0.717) is 11.8 Å². The molecule has 6 rings (SSSR count). The molecule has 2 nitrogen and oxygen atoms in total. The number of hydrogen-bond donors (Lipinski definition) is 1. The van der Waals surface area contributed by atoms with Crippen molar-refractivity contribution in [2.75, 3.05) is 22.5 Å². The van der Waals surface area contributed by atoms with Gasteiger partial charge in [-0.05, 0) is 104 Å². The third kappa shape index (κ3) is 13.8. The number of thioether (sulfide) groups is 2. The summed E-state index contributed by atoms with van der Waals surface area (Å²) in [6.45, 7) is 14.6. The van der Waals surface area contributed by atoms with Gasteiger partial charge in [0.1, 0.15) is 0 Å². The van der Waals surface area contributed by atoms with Crippen LogP contribution in [-0.4, -0.2) is 22.5 Å². The maximum Gasteiger partial charge on any atom is 0.176 e. The van der Waals surface area contributed by atoms with Crippen molar-refractivity contribution in [3.63, 3.8) is 0 Å². The van der Waals surface area contributed by atoms with Gasteiger partial charge in [0.25, 0.3) is 0 Å². The molecule has 4 aromatic rings. The van der Waals surface area contributed by atoms with Gasteiger partial charge in [-0.25, -0.2) is 0 Å². The first kappa shape index (κ1) is 48.6. The molecule has 0 bridgehead atoms. The molecule has 0 saturated carbocycles. The summed E-state index contributed by atoms with van der Waals surface area (Å²) in [5, 5.41) is 11.2. The number of benzene rings is 4. The lowest BCUT2D eigenvalue weighted by Gasteiger charge is -2.43. The number of nitriles is 1. The number of aryl methyl sites for hydroxylation is 4. The van der Waals surface area contributed by atoms with E-state index in [1.807, 2.05) is 18.0 Å². The van der Waals surface area contributed by atoms with E-state index in [1.165, 1.54) is 150 Å². The molecule has 0 fully saturated rings. The van der Waals surface area contributed by atoms with Gasteiger partial charge in [0, 0.05) is 38.7 Å². The normalized spacial score (nSPS) is 20.6. The van der Waals surface area contributed by atoms with Gasteiger partial charge in [-0.1, -0.05) is 209 Å². The fraction of sp³-hybridized carbons (Fsp3) is 0.545. The first-order valence-electron chi connectivity index (χ1n) is 23.4. The molecule has 0 spiro atoms. The molecule has 4 unspecified atom stereocenters. The van der Waals surface area contributed by atoms with Crippen LogP contribution in [0.4, 0.5) is 0 Å². The molecule has 0 radical (unpaired) electrons. The average molecular weight is 955 g/mol. The van der Waals surface area contributed by atoms with Crippen LogP contribution in [0.5, 0.6) is 0 Å². The Morgan fingerprint density at radius 2 is 0.900 bits per heavy atom. The second kappa shape index (κ2) is 25.0. The van der Waals surface area contributed by atoms with Gasteiger partial charge < -0.3 is 5.32 Å².